The second-order valence-corrected chi connectivity index (χ2v) is 8.48. The van der Waals surface area contributed by atoms with Gasteiger partial charge in [0.25, 0.3) is 5.56 Å². The van der Waals surface area contributed by atoms with Crippen LogP contribution in [0.4, 0.5) is 11.5 Å². The SMILES string of the molecule is N#Cc1cccc(Nc2cc(=O)n(-c3cc(S(=O)(=O)CCl)ccc3Cl)[nH]2)c1. The fraction of sp³-hybridized carbons (Fsp3) is 0.0588. The summed E-state index contributed by atoms with van der Waals surface area (Å²) in [6, 6.07) is 14.0. The number of hydrogen-bond acceptors (Lipinski definition) is 5. The first-order valence-electron chi connectivity index (χ1n) is 7.52. The quantitative estimate of drug-likeness (QED) is 0.612. The number of aromatic amines is 1. The molecule has 0 aliphatic heterocycles. The van der Waals surface area contributed by atoms with Gasteiger partial charge in [0.2, 0.25) is 0 Å². The lowest BCUT2D eigenvalue weighted by molar-refractivity contribution is 0.600. The predicted octanol–water partition coefficient (Wildman–Crippen LogP) is 3.40. The summed E-state index contributed by atoms with van der Waals surface area (Å²) in [6.07, 6.45) is 0. The molecule has 0 aliphatic carbocycles. The minimum atomic E-state index is -3.68. The van der Waals surface area contributed by atoms with E-state index in [-0.39, 0.29) is 15.6 Å². The summed E-state index contributed by atoms with van der Waals surface area (Å²) in [6.45, 7) is 0. The molecule has 2 N–H and O–H groups in total. The normalized spacial score (nSPS) is 11.1. The van der Waals surface area contributed by atoms with Gasteiger partial charge < -0.3 is 5.32 Å². The number of aromatic nitrogens is 2. The zero-order chi connectivity index (χ0) is 19.6. The van der Waals surface area contributed by atoms with Gasteiger partial charge in [-0.3, -0.25) is 9.89 Å². The number of benzene rings is 2. The number of alkyl halides is 1. The predicted molar refractivity (Wildman–Crippen MR) is 104 cm³/mol. The highest BCUT2D eigenvalue weighted by molar-refractivity contribution is 7.92. The van der Waals surface area contributed by atoms with Crippen LogP contribution in [0.2, 0.25) is 5.02 Å². The van der Waals surface area contributed by atoms with Gasteiger partial charge >= 0.3 is 0 Å². The van der Waals surface area contributed by atoms with Crippen molar-refractivity contribution in [2.45, 2.75) is 4.90 Å². The molecule has 1 heterocycles. The summed E-state index contributed by atoms with van der Waals surface area (Å²) in [5.41, 5.74) is 0.791. The molecule has 138 valence electrons. The maximum absolute atomic E-state index is 12.3. The van der Waals surface area contributed by atoms with E-state index in [0.717, 1.165) is 4.68 Å². The Morgan fingerprint density at radius 2 is 1.96 bits per heavy atom. The fourth-order valence-electron chi connectivity index (χ4n) is 2.38. The van der Waals surface area contributed by atoms with E-state index in [1.165, 1.54) is 24.3 Å². The van der Waals surface area contributed by atoms with Crippen LogP contribution in [0.15, 0.2) is 58.2 Å². The van der Waals surface area contributed by atoms with Crippen molar-refractivity contribution >= 4 is 44.5 Å². The van der Waals surface area contributed by atoms with Crippen LogP contribution in [0.5, 0.6) is 0 Å². The molecule has 3 rings (SSSR count). The number of sulfone groups is 1. The van der Waals surface area contributed by atoms with Gasteiger partial charge in [0.05, 0.1) is 27.2 Å². The van der Waals surface area contributed by atoms with Crippen molar-refractivity contribution in [1.29, 1.82) is 5.26 Å². The lowest BCUT2D eigenvalue weighted by Gasteiger charge is -2.08. The van der Waals surface area contributed by atoms with Crippen molar-refractivity contribution in [2.75, 3.05) is 10.5 Å². The van der Waals surface area contributed by atoms with E-state index in [1.807, 2.05) is 6.07 Å². The molecule has 10 heteroatoms. The zero-order valence-electron chi connectivity index (χ0n) is 13.6. The maximum atomic E-state index is 12.3. The molecule has 0 unspecified atom stereocenters. The maximum Gasteiger partial charge on any atom is 0.273 e. The topological polar surface area (TPSA) is 108 Å². The van der Waals surface area contributed by atoms with Gasteiger partial charge in [-0.25, -0.2) is 13.1 Å². The lowest BCUT2D eigenvalue weighted by Crippen LogP contribution is -2.15. The van der Waals surface area contributed by atoms with Crippen molar-refractivity contribution in [3.63, 3.8) is 0 Å². The third-order valence-electron chi connectivity index (χ3n) is 3.65. The molecule has 0 aliphatic rings. The number of nitrogens with one attached hydrogen (secondary N) is 2. The van der Waals surface area contributed by atoms with Crippen LogP contribution in [0.25, 0.3) is 5.69 Å². The molecule has 0 saturated heterocycles. The smallest absolute Gasteiger partial charge is 0.273 e. The van der Waals surface area contributed by atoms with E-state index in [9.17, 15) is 13.2 Å². The summed E-state index contributed by atoms with van der Waals surface area (Å²) in [7, 11) is -3.68. The number of halogens is 2. The molecule has 27 heavy (non-hydrogen) atoms. The summed E-state index contributed by atoms with van der Waals surface area (Å²) < 4.78 is 25.1. The van der Waals surface area contributed by atoms with E-state index in [1.54, 1.807) is 24.3 Å². The average molecular weight is 423 g/mol. The molecule has 7 nitrogen and oxygen atoms in total. The Labute approximate surface area is 164 Å². The molecule has 0 radical (unpaired) electrons. The van der Waals surface area contributed by atoms with Crippen LogP contribution in [-0.4, -0.2) is 23.4 Å². The first-order chi connectivity index (χ1) is 12.8. The molecule has 0 spiro atoms. The molecular weight excluding hydrogens is 411 g/mol. The van der Waals surface area contributed by atoms with Gasteiger partial charge in [-0.05, 0) is 36.4 Å². The minimum absolute atomic E-state index is 0.0466. The molecule has 2 aromatic carbocycles. The Morgan fingerprint density at radius 3 is 2.67 bits per heavy atom. The zero-order valence-corrected chi connectivity index (χ0v) is 15.9. The summed E-state index contributed by atoms with van der Waals surface area (Å²) in [5, 5.41) is 14.3. The number of rotatable bonds is 5. The van der Waals surface area contributed by atoms with Gasteiger partial charge in [0, 0.05) is 11.8 Å². The van der Waals surface area contributed by atoms with Crippen molar-refractivity contribution < 1.29 is 8.42 Å². The number of anilines is 2. The third-order valence-corrected chi connectivity index (χ3v) is 6.09. The molecule has 1 aromatic heterocycles. The van der Waals surface area contributed by atoms with Gasteiger partial charge in [0.15, 0.2) is 9.84 Å². The Bertz CT molecular complexity index is 1210. The van der Waals surface area contributed by atoms with Crippen LogP contribution >= 0.6 is 23.2 Å². The number of hydrogen-bond donors (Lipinski definition) is 2. The minimum Gasteiger partial charge on any atom is -0.341 e. The largest absolute Gasteiger partial charge is 0.341 e. The lowest BCUT2D eigenvalue weighted by atomic mass is 10.2. The number of H-pyrrole nitrogens is 1. The Balaban J connectivity index is 2.01. The molecule has 0 amide bonds. The molecule has 0 fully saturated rings. The van der Waals surface area contributed by atoms with Crippen LogP contribution in [0.1, 0.15) is 5.56 Å². The van der Waals surface area contributed by atoms with Gasteiger partial charge in [-0.15, -0.1) is 11.6 Å². The second kappa shape index (κ2) is 7.48. The van der Waals surface area contributed by atoms with Crippen molar-refractivity contribution in [3.8, 4) is 11.8 Å². The van der Waals surface area contributed by atoms with E-state index >= 15 is 0 Å². The Hall–Kier alpha value is -2.73. The van der Waals surface area contributed by atoms with Crippen molar-refractivity contribution in [3.05, 3.63) is 69.5 Å². The Kier molecular flexibility index (Phi) is 5.28. The molecule has 0 bridgehead atoms. The van der Waals surface area contributed by atoms with Gasteiger partial charge in [0.1, 0.15) is 11.0 Å². The fourth-order valence-corrected chi connectivity index (χ4v) is 3.65. The first kappa shape index (κ1) is 19.0. The summed E-state index contributed by atoms with van der Waals surface area (Å²) in [5.74, 6) is 0.344. The van der Waals surface area contributed by atoms with Crippen LogP contribution < -0.4 is 10.9 Å². The van der Waals surface area contributed by atoms with Crippen molar-refractivity contribution in [2.24, 2.45) is 0 Å². The monoisotopic (exact) mass is 422 g/mol. The van der Waals surface area contributed by atoms with E-state index in [0.29, 0.717) is 17.1 Å². The number of nitriles is 1. The van der Waals surface area contributed by atoms with Crippen LogP contribution in [0.3, 0.4) is 0 Å². The molecule has 0 saturated carbocycles. The Morgan fingerprint density at radius 1 is 1.19 bits per heavy atom. The van der Waals surface area contributed by atoms with Gasteiger partial charge in [-0.1, -0.05) is 17.7 Å². The second-order valence-electron chi connectivity index (χ2n) is 5.50. The van der Waals surface area contributed by atoms with E-state index in [4.69, 9.17) is 28.5 Å². The highest BCUT2D eigenvalue weighted by Crippen LogP contribution is 2.25. The highest BCUT2D eigenvalue weighted by atomic mass is 35.5. The van der Waals surface area contributed by atoms with Crippen LogP contribution in [0, 0.1) is 11.3 Å². The van der Waals surface area contributed by atoms with Crippen molar-refractivity contribution in [1.82, 2.24) is 9.78 Å². The van der Waals surface area contributed by atoms with E-state index in [2.05, 4.69) is 10.4 Å². The van der Waals surface area contributed by atoms with Gasteiger partial charge in [-0.2, -0.15) is 5.26 Å². The first-order valence-corrected chi connectivity index (χ1v) is 10.1. The summed E-state index contributed by atoms with van der Waals surface area (Å²) >= 11 is 11.6. The van der Waals surface area contributed by atoms with E-state index < -0.39 is 20.6 Å². The average Bonchev–Trinajstić information content (AvgIpc) is 3.02. The standard InChI is InChI=1S/C17H12Cl2N4O3S/c18-10-27(25,26)13-4-5-14(19)15(7-13)23-17(24)8-16(22-23)21-12-3-1-2-11(6-12)9-20/h1-8,21-22H,10H2. The molecule has 0 atom stereocenters. The van der Waals surface area contributed by atoms with Crippen LogP contribution in [-0.2, 0) is 9.84 Å². The molecule has 3 aromatic rings. The summed E-state index contributed by atoms with van der Waals surface area (Å²) in [4.78, 5) is 12.3. The third kappa shape index (κ3) is 4.01. The number of nitrogens with zero attached hydrogens (tertiary/aromatic N) is 2. The molecular formula is C17H12Cl2N4O3S. The highest BCUT2D eigenvalue weighted by Gasteiger charge is 2.17.